The number of nitrogens with zero attached hydrogens (tertiary/aromatic N) is 1. The third-order valence-corrected chi connectivity index (χ3v) is 3.87. The van der Waals surface area contributed by atoms with Crippen molar-refractivity contribution < 1.29 is 0 Å². The van der Waals surface area contributed by atoms with Crippen LogP contribution >= 0.6 is 0 Å². The number of nitrogens with two attached hydrogens (primary N) is 1. The van der Waals surface area contributed by atoms with Crippen molar-refractivity contribution in [3.8, 4) is 11.8 Å². The summed E-state index contributed by atoms with van der Waals surface area (Å²) >= 11 is 0. The normalized spacial score (nSPS) is 14.5. The fourth-order valence-electron chi connectivity index (χ4n) is 2.33. The van der Waals surface area contributed by atoms with Gasteiger partial charge in [-0.25, -0.2) is 0 Å². The Hall–Kier alpha value is -2.40. The first-order chi connectivity index (χ1) is 10.6. The van der Waals surface area contributed by atoms with E-state index in [9.17, 15) is 0 Å². The van der Waals surface area contributed by atoms with Crippen LogP contribution in [0.1, 0.15) is 30.9 Å². The Morgan fingerprint density at radius 3 is 2.91 bits per heavy atom. The van der Waals surface area contributed by atoms with E-state index in [1.807, 2.05) is 24.9 Å². The van der Waals surface area contributed by atoms with E-state index < -0.39 is 0 Å². The lowest BCUT2D eigenvalue weighted by Crippen LogP contribution is -2.30. The number of hydrogen-bond donors (Lipinski definition) is 1. The third kappa shape index (κ3) is 4.56. The van der Waals surface area contributed by atoms with Crippen molar-refractivity contribution >= 4 is 0 Å². The highest BCUT2D eigenvalue weighted by Crippen LogP contribution is 2.16. The fraction of sp³-hybridized carbons (Fsp3) is 0.300. The summed E-state index contributed by atoms with van der Waals surface area (Å²) in [5.74, 6) is 6.98. The molecule has 0 saturated heterocycles. The van der Waals surface area contributed by atoms with Gasteiger partial charge in [0.1, 0.15) is 0 Å². The lowest BCUT2D eigenvalue weighted by Gasteiger charge is -2.21. The van der Waals surface area contributed by atoms with Gasteiger partial charge in [-0.3, -0.25) is 0 Å². The molecule has 2 heteroatoms. The lowest BCUT2D eigenvalue weighted by molar-refractivity contribution is 0.380. The minimum Gasteiger partial charge on any atom is -0.386 e. The van der Waals surface area contributed by atoms with Gasteiger partial charge in [0.25, 0.3) is 0 Å². The second-order valence-electron chi connectivity index (χ2n) is 5.68. The molecule has 0 heterocycles. The van der Waals surface area contributed by atoms with E-state index in [2.05, 4.69) is 54.8 Å². The highest BCUT2D eigenvalue weighted by atomic mass is 15.2. The molecule has 0 amide bonds. The predicted molar refractivity (Wildman–Crippen MR) is 94.0 cm³/mol. The van der Waals surface area contributed by atoms with Crippen molar-refractivity contribution in [1.82, 2.24) is 4.90 Å². The van der Waals surface area contributed by atoms with E-state index in [4.69, 9.17) is 5.73 Å². The maximum Gasteiger partial charge on any atom is 0.0919 e. The second-order valence-corrected chi connectivity index (χ2v) is 5.68. The monoisotopic (exact) mass is 292 g/mol. The molecule has 1 atom stereocenters. The first kappa shape index (κ1) is 16.0. The van der Waals surface area contributed by atoms with Gasteiger partial charge >= 0.3 is 0 Å². The molecule has 1 aromatic rings. The summed E-state index contributed by atoms with van der Waals surface area (Å²) in [6.07, 6.45) is 10.1. The molecule has 1 aromatic carbocycles. The average Bonchev–Trinajstić information content (AvgIpc) is 2.53. The van der Waals surface area contributed by atoms with Crippen molar-refractivity contribution in [2.45, 2.75) is 32.2 Å². The van der Waals surface area contributed by atoms with Gasteiger partial charge in [-0.2, -0.15) is 0 Å². The molecule has 2 rings (SSSR count). The molecule has 114 valence electrons. The van der Waals surface area contributed by atoms with E-state index in [1.165, 1.54) is 11.1 Å². The van der Waals surface area contributed by atoms with Gasteiger partial charge in [0.2, 0.25) is 0 Å². The van der Waals surface area contributed by atoms with Crippen LogP contribution in [-0.4, -0.2) is 18.0 Å². The van der Waals surface area contributed by atoms with Crippen LogP contribution in [0.15, 0.2) is 60.5 Å². The van der Waals surface area contributed by atoms with Gasteiger partial charge in [0.05, 0.1) is 11.9 Å². The Morgan fingerprint density at radius 2 is 2.23 bits per heavy atom. The number of benzene rings is 1. The van der Waals surface area contributed by atoms with E-state index in [0.717, 1.165) is 24.8 Å². The molecule has 0 bridgehead atoms. The van der Waals surface area contributed by atoms with Crippen LogP contribution in [0.5, 0.6) is 0 Å². The first-order valence-corrected chi connectivity index (χ1v) is 7.69. The summed E-state index contributed by atoms with van der Waals surface area (Å²) in [7, 11) is 1.90. The summed E-state index contributed by atoms with van der Waals surface area (Å²) in [6, 6.07) is 8.49. The Bertz CT molecular complexity index is 656. The number of rotatable bonds is 4. The zero-order valence-electron chi connectivity index (χ0n) is 13.5. The van der Waals surface area contributed by atoms with Crippen molar-refractivity contribution in [2.24, 2.45) is 5.73 Å². The van der Waals surface area contributed by atoms with Gasteiger partial charge in [0.15, 0.2) is 0 Å². The zero-order chi connectivity index (χ0) is 15.9. The van der Waals surface area contributed by atoms with Crippen LogP contribution < -0.4 is 5.73 Å². The van der Waals surface area contributed by atoms with Gasteiger partial charge < -0.3 is 10.6 Å². The SMILES string of the molecule is C=C(N)N(C)C(C)C#Cc1cccc(CC2=CCCC=C2)c1. The topological polar surface area (TPSA) is 29.3 Å². The fourth-order valence-corrected chi connectivity index (χ4v) is 2.33. The number of allylic oxidation sites excluding steroid dienone is 4. The van der Waals surface area contributed by atoms with Crippen molar-refractivity contribution in [2.75, 3.05) is 7.05 Å². The Balaban J connectivity index is 2.07. The molecule has 0 spiro atoms. The van der Waals surface area contributed by atoms with Crippen LogP contribution in [0.4, 0.5) is 0 Å². The molecule has 2 nitrogen and oxygen atoms in total. The minimum absolute atomic E-state index is 0.0464. The lowest BCUT2D eigenvalue weighted by atomic mass is 9.98. The van der Waals surface area contributed by atoms with Crippen LogP contribution in [0.3, 0.4) is 0 Å². The summed E-state index contributed by atoms with van der Waals surface area (Å²) in [4.78, 5) is 1.87. The quantitative estimate of drug-likeness (QED) is 0.859. The smallest absolute Gasteiger partial charge is 0.0919 e. The molecule has 0 aromatic heterocycles. The van der Waals surface area contributed by atoms with Gasteiger partial charge in [-0.15, -0.1) is 0 Å². The summed E-state index contributed by atoms with van der Waals surface area (Å²) in [5, 5.41) is 0. The summed E-state index contributed by atoms with van der Waals surface area (Å²) in [6.45, 7) is 5.75. The molecule has 0 fully saturated rings. The average molecular weight is 292 g/mol. The molecule has 0 saturated carbocycles. The van der Waals surface area contributed by atoms with Crippen molar-refractivity contribution in [1.29, 1.82) is 0 Å². The summed E-state index contributed by atoms with van der Waals surface area (Å²) < 4.78 is 0. The highest BCUT2D eigenvalue weighted by molar-refractivity contribution is 5.40. The largest absolute Gasteiger partial charge is 0.386 e. The molecule has 0 radical (unpaired) electrons. The zero-order valence-corrected chi connectivity index (χ0v) is 13.5. The van der Waals surface area contributed by atoms with Gasteiger partial charge in [-0.1, -0.05) is 48.8 Å². The van der Waals surface area contributed by atoms with Crippen LogP contribution in [0.2, 0.25) is 0 Å². The van der Waals surface area contributed by atoms with E-state index in [1.54, 1.807) is 0 Å². The van der Waals surface area contributed by atoms with Crippen molar-refractivity contribution in [3.05, 3.63) is 71.6 Å². The van der Waals surface area contributed by atoms with E-state index >= 15 is 0 Å². The van der Waals surface area contributed by atoms with Gasteiger partial charge in [-0.05, 0) is 49.5 Å². The Labute approximate surface area is 134 Å². The molecular weight excluding hydrogens is 268 g/mol. The Kier molecular flexibility index (Phi) is 5.49. The Morgan fingerprint density at radius 1 is 1.41 bits per heavy atom. The van der Waals surface area contributed by atoms with E-state index in [-0.39, 0.29) is 6.04 Å². The van der Waals surface area contributed by atoms with Crippen molar-refractivity contribution in [3.63, 3.8) is 0 Å². The van der Waals surface area contributed by atoms with Crippen LogP contribution in [0, 0.1) is 11.8 Å². The molecule has 22 heavy (non-hydrogen) atoms. The van der Waals surface area contributed by atoms with Crippen LogP contribution in [-0.2, 0) is 6.42 Å². The third-order valence-electron chi connectivity index (χ3n) is 3.87. The van der Waals surface area contributed by atoms with E-state index in [0.29, 0.717) is 5.82 Å². The number of hydrogen-bond acceptors (Lipinski definition) is 2. The predicted octanol–water partition coefficient (Wildman–Crippen LogP) is 3.61. The molecular formula is C20H24N2. The molecule has 1 unspecified atom stereocenters. The maximum absolute atomic E-state index is 5.69. The first-order valence-electron chi connectivity index (χ1n) is 7.69. The second kappa shape index (κ2) is 7.56. The molecule has 1 aliphatic carbocycles. The molecule has 0 aliphatic heterocycles. The maximum atomic E-state index is 5.69. The highest BCUT2D eigenvalue weighted by Gasteiger charge is 2.04. The standard InChI is InChI=1S/C20H24N2/c1-16(22(3)17(2)21)12-13-19-10-7-11-20(15-19)14-18-8-5-4-6-9-18/h5,7-11,15-16H,2,4,6,14,21H2,1,3H3. The molecule has 1 aliphatic rings. The van der Waals surface area contributed by atoms with Crippen LogP contribution in [0.25, 0.3) is 0 Å². The molecule has 2 N–H and O–H groups in total. The summed E-state index contributed by atoms with van der Waals surface area (Å²) in [5.41, 5.74) is 9.42. The minimum atomic E-state index is 0.0464. The van der Waals surface area contributed by atoms with Gasteiger partial charge in [0, 0.05) is 12.6 Å².